The molecule has 1 heterocycles. The van der Waals surface area contributed by atoms with Crippen molar-refractivity contribution in [3.05, 3.63) is 58.6 Å². The Morgan fingerprint density at radius 2 is 1.89 bits per heavy atom. The number of nitrogens with two attached hydrogens (primary N) is 1. The Hall–Kier alpha value is -2.24. The number of anilines is 1. The normalized spacial score (nSPS) is 16.6. The summed E-state index contributed by atoms with van der Waals surface area (Å²) in [6.45, 7) is 4.15. The van der Waals surface area contributed by atoms with E-state index in [0.29, 0.717) is 28.1 Å². The Morgan fingerprint density at radius 3 is 2.50 bits per heavy atom. The number of ether oxygens (including phenoxy) is 1. The van der Waals surface area contributed by atoms with Gasteiger partial charge < -0.3 is 15.4 Å². The van der Waals surface area contributed by atoms with Crippen molar-refractivity contribution < 1.29 is 9.53 Å². The van der Waals surface area contributed by atoms with E-state index < -0.39 is 0 Å². The molecular formula is C22H28ClN3O2. The molecule has 1 aliphatic rings. The summed E-state index contributed by atoms with van der Waals surface area (Å²) >= 11 is 6.13. The summed E-state index contributed by atoms with van der Waals surface area (Å²) in [5.74, 6) is 0.363. The molecule has 0 aromatic heterocycles. The van der Waals surface area contributed by atoms with E-state index in [1.807, 2.05) is 18.0 Å². The summed E-state index contributed by atoms with van der Waals surface area (Å²) in [6.07, 6.45) is 1.87. The van der Waals surface area contributed by atoms with Crippen molar-refractivity contribution >= 4 is 23.2 Å². The highest BCUT2D eigenvalue weighted by Gasteiger charge is 2.29. The lowest BCUT2D eigenvalue weighted by atomic mass is 9.98. The van der Waals surface area contributed by atoms with Gasteiger partial charge in [-0.05, 0) is 31.4 Å². The number of rotatable bonds is 5. The molecule has 28 heavy (non-hydrogen) atoms. The molecule has 0 radical (unpaired) electrons. The molecule has 1 aliphatic heterocycles. The van der Waals surface area contributed by atoms with Crippen molar-refractivity contribution in [3.8, 4) is 5.75 Å². The SMILES string of the molecule is COc1cc(N)c(Cl)cc1C(=O)N(C)C1CCN(C(C)c2ccccc2)CC1. The van der Waals surface area contributed by atoms with Crippen LogP contribution in [0.3, 0.4) is 0 Å². The number of nitrogens with zero attached hydrogens (tertiary/aromatic N) is 2. The zero-order valence-corrected chi connectivity index (χ0v) is 17.4. The molecule has 1 fully saturated rings. The molecule has 6 heteroatoms. The van der Waals surface area contributed by atoms with Gasteiger partial charge in [0.2, 0.25) is 0 Å². The monoisotopic (exact) mass is 401 g/mol. The third-order valence-corrected chi connectivity index (χ3v) is 6.07. The second-order valence-corrected chi connectivity index (χ2v) is 7.75. The Bertz CT molecular complexity index is 820. The van der Waals surface area contributed by atoms with Gasteiger partial charge in [0.15, 0.2) is 0 Å². The first kappa shape index (κ1) is 20.5. The van der Waals surface area contributed by atoms with Gasteiger partial charge in [0.05, 0.1) is 23.4 Å². The average Bonchev–Trinajstić information content (AvgIpc) is 2.74. The maximum absolute atomic E-state index is 13.1. The van der Waals surface area contributed by atoms with Gasteiger partial charge in [-0.15, -0.1) is 0 Å². The van der Waals surface area contributed by atoms with E-state index in [2.05, 4.69) is 36.1 Å². The number of halogens is 1. The molecule has 2 aromatic carbocycles. The molecule has 5 nitrogen and oxygen atoms in total. The fourth-order valence-electron chi connectivity index (χ4n) is 3.86. The van der Waals surface area contributed by atoms with Crippen LogP contribution in [0.25, 0.3) is 0 Å². The van der Waals surface area contributed by atoms with Crippen LogP contribution in [0.5, 0.6) is 5.75 Å². The third kappa shape index (κ3) is 4.26. The number of hydrogen-bond acceptors (Lipinski definition) is 4. The number of carbonyl (C=O) groups excluding carboxylic acids is 1. The number of methoxy groups -OCH3 is 1. The van der Waals surface area contributed by atoms with Crippen LogP contribution in [0, 0.1) is 0 Å². The standard InChI is InChI=1S/C22H28ClN3O2/c1-15(16-7-5-4-6-8-16)26-11-9-17(10-12-26)25(2)22(27)18-13-19(23)20(24)14-21(18)28-3/h4-8,13-15,17H,9-12,24H2,1-3H3. The van der Waals surface area contributed by atoms with Crippen molar-refractivity contribution in [2.24, 2.45) is 0 Å². The van der Waals surface area contributed by atoms with E-state index in [-0.39, 0.29) is 11.9 Å². The Kier molecular flexibility index (Phi) is 6.47. The molecule has 1 saturated heterocycles. The molecular weight excluding hydrogens is 374 g/mol. The van der Waals surface area contributed by atoms with Gasteiger partial charge in [0, 0.05) is 38.3 Å². The van der Waals surface area contributed by atoms with Crippen LogP contribution in [0.4, 0.5) is 5.69 Å². The fourth-order valence-corrected chi connectivity index (χ4v) is 4.03. The van der Waals surface area contributed by atoms with E-state index in [4.69, 9.17) is 22.1 Å². The highest BCUT2D eigenvalue weighted by atomic mass is 35.5. The minimum absolute atomic E-state index is 0.0895. The van der Waals surface area contributed by atoms with Crippen LogP contribution < -0.4 is 10.5 Å². The van der Waals surface area contributed by atoms with Crippen LogP contribution in [-0.2, 0) is 0 Å². The number of amides is 1. The van der Waals surface area contributed by atoms with E-state index in [9.17, 15) is 4.79 Å². The minimum Gasteiger partial charge on any atom is -0.496 e. The lowest BCUT2D eigenvalue weighted by molar-refractivity contribution is 0.0602. The molecule has 1 atom stereocenters. The Labute approximate surface area is 172 Å². The van der Waals surface area contributed by atoms with Crippen LogP contribution in [-0.4, -0.2) is 49.0 Å². The first-order chi connectivity index (χ1) is 13.4. The van der Waals surface area contributed by atoms with Crippen molar-refractivity contribution in [2.45, 2.75) is 31.8 Å². The third-order valence-electron chi connectivity index (χ3n) is 5.75. The number of carbonyl (C=O) groups is 1. The van der Waals surface area contributed by atoms with Gasteiger partial charge in [-0.1, -0.05) is 41.9 Å². The predicted molar refractivity (Wildman–Crippen MR) is 114 cm³/mol. The van der Waals surface area contributed by atoms with Crippen LogP contribution >= 0.6 is 11.6 Å². The second kappa shape index (κ2) is 8.84. The first-order valence-electron chi connectivity index (χ1n) is 9.61. The number of nitrogen functional groups attached to an aromatic ring is 1. The molecule has 0 bridgehead atoms. The maximum Gasteiger partial charge on any atom is 0.257 e. The van der Waals surface area contributed by atoms with Gasteiger partial charge in [-0.25, -0.2) is 0 Å². The number of piperidine rings is 1. The van der Waals surface area contributed by atoms with Crippen LogP contribution in [0.1, 0.15) is 41.7 Å². The Morgan fingerprint density at radius 1 is 1.25 bits per heavy atom. The number of likely N-dealkylation sites (tertiary alicyclic amines) is 1. The minimum atomic E-state index is -0.0895. The van der Waals surface area contributed by atoms with Crippen LogP contribution in [0.15, 0.2) is 42.5 Å². The van der Waals surface area contributed by atoms with E-state index in [1.54, 1.807) is 12.1 Å². The molecule has 1 amide bonds. The molecule has 150 valence electrons. The van der Waals surface area contributed by atoms with Crippen molar-refractivity contribution in [1.82, 2.24) is 9.80 Å². The molecule has 0 aliphatic carbocycles. The van der Waals surface area contributed by atoms with Gasteiger partial charge in [-0.2, -0.15) is 0 Å². The molecule has 2 N–H and O–H groups in total. The summed E-state index contributed by atoms with van der Waals surface area (Å²) in [5, 5.41) is 0.365. The molecule has 3 rings (SSSR count). The summed E-state index contributed by atoms with van der Waals surface area (Å²) in [6, 6.07) is 14.3. The lowest BCUT2D eigenvalue weighted by Gasteiger charge is -2.39. The van der Waals surface area contributed by atoms with Crippen molar-refractivity contribution in [1.29, 1.82) is 0 Å². The summed E-state index contributed by atoms with van der Waals surface area (Å²) < 4.78 is 5.34. The molecule has 2 aromatic rings. The van der Waals surface area contributed by atoms with Gasteiger partial charge in [-0.3, -0.25) is 9.69 Å². The van der Waals surface area contributed by atoms with E-state index >= 15 is 0 Å². The van der Waals surface area contributed by atoms with E-state index in [1.165, 1.54) is 12.7 Å². The van der Waals surface area contributed by atoms with Gasteiger partial charge in [0.25, 0.3) is 5.91 Å². The maximum atomic E-state index is 13.1. The summed E-state index contributed by atoms with van der Waals surface area (Å²) in [4.78, 5) is 17.3. The topological polar surface area (TPSA) is 58.8 Å². The smallest absolute Gasteiger partial charge is 0.257 e. The molecule has 1 unspecified atom stereocenters. The highest BCUT2D eigenvalue weighted by molar-refractivity contribution is 6.33. The lowest BCUT2D eigenvalue weighted by Crippen LogP contribution is -2.46. The average molecular weight is 402 g/mol. The van der Waals surface area contributed by atoms with Crippen molar-refractivity contribution in [2.75, 3.05) is 33.0 Å². The predicted octanol–water partition coefficient (Wildman–Crippen LogP) is 4.23. The molecule has 0 saturated carbocycles. The van der Waals surface area contributed by atoms with E-state index in [0.717, 1.165) is 25.9 Å². The second-order valence-electron chi connectivity index (χ2n) is 7.34. The summed E-state index contributed by atoms with van der Waals surface area (Å²) in [7, 11) is 3.38. The summed E-state index contributed by atoms with van der Waals surface area (Å²) in [5.41, 5.74) is 8.01. The highest BCUT2D eigenvalue weighted by Crippen LogP contribution is 2.31. The fraction of sp³-hybridized carbons (Fsp3) is 0.409. The first-order valence-corrected chi connectivity index (χ1v) is 9.99. The number of hydrogen-bond donors (Lipinski definition) is 1. The van der Waals surface area contributed by atoms with Gasteiger partial charge >= 0.3 is 0 Å². The number of benzene rings is 2. The zero-order chi connectivity index (χ0) is 20.3. The Balaban J connectivity index is 1.66. The van der Waals surface area contributed by atoms with Crippen molar-refractivity contribution in [3.63, 3.8) is 0 Å². The zero-order valence-electron chi connectivity index (χ0n) is 16.7. The molecule has 0 spiro atoms. The van der Waals surface area contributed by atoms with Gasteiger partial charge in [0.1, 0.15) is 5.75 Å². The quantitative estimate of drug-likeness (QED) is 0.761. The largest absolute Gasteiger partial charge is 0.496 e. The van der Waals surface area contributed by atoms with Crippen LogP contribution in [0.2, 0.25) is 5.02 Å².